The molecule has 0 saturated carbocycles. The summed E-state index contributed by atoms with van der Waals surface area (Å²) in [6.45, 7) is 2.88. The van der Waals surface area contributed by atoms with Crippen molar-refractivity contribution in [2.45, 2.75) is 25.1 Å². The number of anilines is 1. The van der Waals surface area contributed by atoms with Crippen molar-refractivity contribution in [3.8, 4) is 0 Å². The first-order valence-electron chi connectivity index (χ1n) is 7.26. The molecule has 0 N–H and O–H groups in total. The van der Waals surface area contributed by atoms with Crippen molar-refractivity contribution in [2.75, 3.05) is 11.4 Å². The van der Waals surface area contributed by atoms with Crippen LogP contribution in [-0.2, 0) is 11.8 Å². The number of para-hydroxylation sites is 1. The summed E-state index contributed by atoms with van der Waals surface area (Å²) in [7, 11) is 0. The van der Waals surface area contributed by atoms with E-state index in [0.717, 1.165) is 36.0 Å². The van der Waals surface area contributed by atoms with Crippen LogP contribution >= 0.6 is 15.9 Å². The van der Waals surface area contributed by atoms with Crippen LogP contribution in [0.1, 0.15) is 33.5 Å². The molecule has 0 aromatic heterocycles. The molecule has 1 aliphatic rings. The first-order chi connectivity index (χ1) is 10.2. The predicted molar refractivity (Wildman–Crippen MR) is 90.2 cm³/mol. The molecule has 0 spiro atoms. The van der Waals surface area contributed by atoms with Crippen LogP contribution in [0.5, 0.6) is 0 Å². The molecule has 1 heterocycles. The third kappa shape index (κ3) is 2.75. The van der Waals surface area contributed by atoms with Crippen LogP contribution in [0.15, 0.2) is 42.5 Å². The van der Waals surface area contributed by atoms with E-state index in [1.165, 1.54) is 16.7 Å². The lowest BCUT2D eigenvalue weighted by Gasteiger charge is -2.31. The highest BCUT2D eigenvalue weighted by atomic mass is 79.9. The molecule has 0 unspecified atom stereocenters. The zero-order valence-corrected chi connectivity index (χ0v) is 13.7. The number of carbonyl (C=O) groups excluding carboxylic acids is 1. The Morgan fingerprint density at radius 2 is 1.95 bits per heavy atom. The van der Waals surface area contributed by atoms with E-state index < -0.39 is 0 Å². The molecule has 2 nitrogen and oxygen atoms in total. The minimum Gasteiger partial charge on any atom is -0.308 e. The average molecular weight is 344 g/mol. The number of fused-ring (bicyclic) bond motifs is 1. The number of benzene rings is 2. The van der Waals surface area contributed by atoms with Gasteiger partial charge in [-0.1, -0.05) is 46.3 Å². The molecule has 0 bridgehead atoms. The van der Waals surface area contributed by atoms with Gasteiger partial charge < -0.3 is 4.90 Å². The lowest BCUT2D eigenvalue weighted by Crippen LogP contribution is -2.36. The highest BCUT2D eigenvalue weighted by molar-refractivity contribution is 9.08. The Bertz CT molecular complexity index is 663. The Morgan fingerprint density at radius 1 is 1.19 bits per heavy atom. The molecule has 1 amide bonds. The first kappa shape index (κ1) is 14.3. The number of carbonyl (C=O) groups is 1. The Balaban J connectivity index is 1.96. The van der Waals surface area contributed by atoms with E-state index in [9.17, 15) is 4.79 Å². The molecule has 108 valence electrons. The van der Waals surface area contributed by atoms with Crippen LogP contribution in [0.3, 0.4) is 0 Å². The third-order valence-electron chi connectivity index (χ3n) is 4.02. The summed E-state index contributed by atoms with van der Waals surface area (Å²) in [4.78, 5) is 14.8. The van der Waals surface area contributed by atoms with Crippen molar-refractivity contribution < 1.29 is 4.79 Å². The quantitative estimate of drug-likeness (QED) is 0.736. The van der Waals surface area contributed by atoms with Crippen LogP contribution in [0.4, 0.5) is 5.69 Å². The van der Waals surface area contributed by atoms with Gasteiger partial charge in [0.05, 0.1) is 5.69 Å². The van der Waals surface area contributed by atoms with Crippen molar-refractivity contribution in [3.63, 3.8) is 0 Å². The molecule has 0 aliphatic carbocycles. The number of aryl methyl sites for hydroxylation is 2. The van der Waals surface area contributed by atoms with Crippen LogP contribution in [0.2, 0.25) is 0 Å². The Kier molecular flexibility index (Phi) is 4.11. The number of nitrogens with zero attached hydrogens (tertiary/aromatic N) is 1. The molecule has 2 aromatic rings. The predicted octanol–water partition coefficient (Wildman–Crippen LogP) is 4.48. The lowest BCUT2D eigenvalue weighted by molar-refractivity contribution is 0.0985. The normalized spacial score (nSPS) is 13.9. The van der Waals surface area contributed by atoms with Crippen LogP contribution in [0.25, 0.3) is 0 Å². The average Bonchev–Trinajstić information content (AvgIpc) is 2.54. The molecule has 2 aromatic carbocycles. The van der Waals surface area contributed by atoms with Gasteiger partial charge >= 0.3 is 0 Å². The third-order valence-corrected chi connectivity index (χ3v) is 4.67. The summed E-state index contributed by atoms with van der Waals surface area (Å²) in [5.41, 5.74) is 5.51. The molecule has 0 atom stereocenters. The number of halogens is 1. The number of amides is 1. The number of hydrogen-bond donors (Lipinski definition) is 0. The van der Waals surface area contributed by atoms with E-state index in [1.807, 2.05) is 29.2 Å². The van der Waals surface area contributed by atoms with Crippen molar-refractivity contribution >= 4 is 27.5 Å². The smallest absolute Gasteiger partial charge is 0.258 e. The zero-order chi connectivity index (χ0) is 14.8. The number of hydrogen-bond acceptors (Lipinski definition) is 1. The molecule has 21 heavy (non-hydrogen) atoms. The van der Waals surface area contributed by atoms with Gasteiger partial charge in [-0.15, -0.1) is 0 Å². The molecule has 0 radical (unpaired) electrons. The van der Waals surface area contributed by atoms with Crippen molar-refractivity contribution in [3.05, 3.63) is 64.7 Å². The Morgan fingerprint density at radius 3 is 2.67 bits per heavy atom. The van der Waals surface area contributed by atoms with E-state index in [4.69, 9.17) is 0 Å². The molecule has 0 fully saturated rings. The summed E-state index contributed by atoms with van der Waals surface area (Å²) >= 11 is 3.43. The fourth-order valence-corrected chi connectivity index (χ4v) is 3.32. The number of alkyl halides is 1. The van der Waals surface area contributed by atoms with E-state index in [1.54, 1.807) is 0 Å². The maximum atomic E-state index is 12.8. The van der Waals surface area contributed by atoms with E-state index in [-0.39, 0.29) is 5.91 Å². The molecular weight excluding hydrogens is 326 g/mol. The van der Waals surface area contributed by atoms with Gasteiger partial charge in [0.15, 0.2) is 0 Å². The van der Waals surface area contributed by atoms with Crippen LogP contribution in [-0.4, -0.2) is 12.5 Å². The molecule has 3 rings (SSSR count). The fourth-order valence-electron chi connectivity index (χ4n) is 2.94. The maximum absolute atomic E-state index is 12.8. The summed E-state index contributed by atoms with van der Waals surface area (Å²) < 4.78 is 0. The minimum atomic E-state index is 0.103. The highest BCUT2D eigenvalue weighted by Crippen LogP contribution is 2.31. The van der Waals surface area contributed by atoms with Crippen molar-refractivity contribution in [1.29, 1.82) is 0 Å². The molecule has 1 aliphatic heterocycles. The Labute approximate surface area is 133 Å². The zero-order valence-electron chi connectivity index (χ0n) is 12.1. The second-order valence-electron chi connectivity index (χ2n) is 5.47. The van der Waals surface area contributed by atoms with Gasteiger partial charge in [-0.3, -0.25) is 4.79 Å². The van der Waals surface area contributed by atoms with Gasteiger partial charge in [-0.2, -0.15) is 0 Å². The Hall–Kier alpha value is -1.61. The first-order valence-corrected chi connectivity index (χ1v) is 8.38. The second-order valence-corrected chi connectivity index (χ2v) is 6.03. The van der Waals surface area contributed by atoms with Gasteiger partial charge in [-0.05, 0) is 48.6 Å². The largest absolute Gasteiger partial charge is 0.308 e. The fraction of sp³-hybridized carbons (Fsp3) is 0.278. The summed E-state index contributed by atoms with van der Waals surface area (Å²) in [6, 6.07) is 14.1. The minimum absolute atomic E-state index is 0.103. The van der Waals surface area contributed by atoms with Crippen LogP contribution in [0, 0.1) is 6.92 Å². The van der Waals surface area contributed by atoms with E-state index in [0.29, 0.717) is 0 Å². The standard InChI is InChI=1S/C18H18BrNO/c1-13-4-2-5-15-6-3-11-20(17(13)15)18(21)16-9-7-14(12-19)8-10-16/h2,4-5,7-10H,3,6,11-12H2,1H3. The maximum Gasteiger partial charge on any atom is 0.258 e. The number of rotatable bonds is 2. The van der Waals surface area contributed by atoms with Crippen molar-refractivity contribution in [2.24, 2.45) is 0 Å². The topological polar surface area (TPSA) is 20.3 Å². The monoisotopic (exact) mass is 343 g/mol. The van der Waals surface area contributed by atoms with Gasteiger partial charge in [0.25, 0.3) is 5.91 Å². The second kappa shape index (κ2) is 6.02. The highest BCUT2D eigenvalue weighted by Gasteiger charge is 2.24. The molecule has 0 saturated heterocycles. The van der Waals surface area contributed by atoms with E-state index in [2.05, 4.69) is 41.1 Å². The molecule has 3 heteroatoms. The van der Waals surface area contributed by atoms with Crippen LogP contribution < -0.4 is 4.90 Å². The lowest BCUT2D eigenvalue weighted by atomic mass is 9.97. The SMILES string of the molecule is Cc1cccc2c1N(C(=O)c1ccc(CBr)cc1)CCC2. The summed E-state index contributed by atoms with van der Waals surface area (Å²) in [5, 5.41) is 0.813. The summed E-state index contributed by atoms with van der Waals surface area (Å²) in [5.74, 6) is 0.103. The molecular formula is C18H18BrNO. The summed E-state index contributed by atoms with van der Waals surface area (Å²) in [6.07, 6.45) is 2.09. The van der Waals surface area contributed by atoms with Gasteiger partial charge in [0.1, 0.15) is 0 Å². The van der Waals surface area contributed by atoms with Gasteiger partial charge in [-0.25, -0.2) is 0 Å². The van der Waals surface area contributed by atoms with Crippen molar-refractivity contribution in [1.82, 2.24) is 0 Å². The van der Waals surface area contributed by atoms with Gasteiger partial charge in [0, 0.05) is 17.4 Å². The van der Waals surface area contributed by atoms with E-state index >= 15 is 0 Å². The van der Waals surface area contributed by atoms with Gasteiger partial charge in [0.2, 0.25) is 0 Å².